The van der Waals surface area contributed by atoms with E-state index < -0.39 is 0 Å². The highest BCUT2D eigenvalue weighted by Crippen LogP contribution is 2.23. The third-order valence-electron chi connectivity index (χ3n) is 3.35. The van der Waals surface area contributed by atoms with Crippen LogP contribution in [0.2, 0.25) is 0 Å². The van der Waals surface area contributed by atoms with Crippen LogP contribution in [0.3, 0.4) is 0 Å². The lowest BCUT2D eigenvalue weighted by molar-refractivity contribution is -0.0450. The molecule has 1 aliphatic heterocycles. The maximum Gasteiger partial charge on any atom is 0.257 e. The molecule has 1 aromatic heterocycles. The minimum atomic E-state index is -0.356. The van der Waals surface area contributed by atoms with Gasteiger partial charge in [-0.15, -0.1) is 0 Å². The maximum absolute atomic E-state index is 5.71. The second-order valence-electron chi connectivity index (χ2n) is 4.90. The number of hydrogen-bond acceptors (Lipinski definition) is 7. The van der Waals surface area contributed by atoms with Crippen molar-refractivity contribution >= 4 is 0 Å². The minimum Gasteiger partial charge on any atom is -0.370 e. The lowest BCUT2D eigenvalue weighted by atomic mass is 10.2. The molecule has 0 saturated carbocycles. The van der Waals surface area contributed by atoms with E-state index in [-0.39, 0.29) is 12.2 Å². The molecule has 2 unspecified atom stereocenters. The van der Waals surface area contributed by atoms with Gasteiger partial charge in [0, 0.05) is 32.8 Å². The summed E-state index contributed by atoms with van der Waals surface area (Å²) < 4.78 is 16.1. The van der Waals surface area contributed by atoms with Gasteiger partial charge in [-0.1, -0.05) is 5.16 Å². The van der Waals surface area contributed by atoms with Crippen molar-refractivity contribution in [2.75, 3.05) is 33.4 Å². The SMILES string of the molecule is COC(CN)c1nc(C2CN(C(C)C)CCO2)no1. The van der Waals surface area contributed by atoms with Gasteiger partial charge in [-0.2, -0.15) is 4.98 Å². The maximum atomic E-state index is 5.71. The van der Waals surface area contributed by atoms with Crippen molar-refractivity contribution in [2.45, 2.75) is 32.1 Å². The monoisotopic (exact) mass is 270 g/mol. The number of hydrogen-bond donors (Lipinski definition) is 1. The molecule has 2 atom stereocenters. The average molecular weight is 270 g/mol. The molecule has 2 N–H and O–H groups in total. The molecule has 108 valence electrons. The topological polar surface area (TPSA) is 86.6 Å². The first-order chi connectivity index (χ1) is 9.15. The smallest absolute Gasteiger partial charge is 0.257 e. The van der Waals surface area contributed by atoms with Gasteiger partial charge in [0.1, 0.15) is 12.2 Å². The second-order valence-corrected chi connectivity index (χ2v) is 4.90. The molecule has 0 aromatic carbocycles. The number of rotatable bonds is 5. The summed E-state index contributed by atoms with van der Waals surface area (Å²) in [6.07, 6.45) is -0.505. The van der Waals surface area contributed by atoms with Crippen molar-refractivity contribution < 1.29 is 14.0 Å². The molecule has 1 saturated heterocycles. The summed E-state index contributed by atoms with van der Waals surface area (Å²) in [5.74, 6) is 0.973. The van der Waals surface area contributed by atoms with Gasteiger partial charge in [-0.3, -0.25) is 4.90 Å². The molecule has 7 heteroatoms. The van der Waals surface area contributed by atoms with E-state index in [2.05, 4.69) is 28.9 Å². The molecule has 0 aliphatic carbocycles. The number of methoxy groups -OCH3 is 1. The van der Waals surface area contributed by atoms with Crippen molar-refractivity contribution in [3.63, 3.8) is 0 Å². The molecule has 2 rings (SSSR count). The first kappa shape index (κ1) is 14.4. The fourth-order valence-corrected chi connectivity index (χ4v) is 2.10. The average Bonchev–Trinajstić information content (AvgIpc) is 2.90. The Morgan fingerprint density at radius 3 is 2.95 bits per heavy atom. The molecule has 0 radical (unpaired) electrons. The minimum absolute atomic E-state index is 0.149. The number of aromatic nitrogens is 2. The summed E-state index contributed by atoms with van der Waals surface area (Å²) in [5.41, 5.74) is 5.57. The van der Waals surface area contributed by atoms with Crippen LogP contribution in [-0.4, -0.2) is 54.4 Å². The third kappa shape index (κ3) is 3.30. The van der Waals surface area contributed by atoms with Crippen LogP contribution in [0.15, 0.2) is 4.52 Å². The van der Waals surface area contributed by atoms with E-state index in [1.54, 1.807) is 7.11 Å². The zero-order valence-corrected chi connectivity index (χ0v) is 11.7. The van der Waals surface area contributed by atoms with E-state index in [4.69, 9.17) is 19.7 Å². The van der Waals surface area contributed by atoms with Gasteiger partial charge >= 0.3 is 0 Å². The molecular formula is C12H22N4O3. The number of ether oxygens (including phenoxy) is 2. The zero-order valence-electron chi connectivity index (χ0n) is 11.7. The molecule has 1 aromatic rings. The van der Waals surface area contributed by atoms with E-state index in [0.717, 1.165) is 13.1 Å². The Morgan fingerprint density at radius 2 is 2.32 bits per heavy atom. The summed E-state index contributed by atoms with van der Waals surface area (Å²) in [6, 6.07) is 0.480. The molecule has 1 aliphatic rings. The summed E-state index contributed by atoms with van der Waals surface area (Å²) >= 11 is 0. The molecule has 7 nitrogen and oxygen atoms in total. The van der Waals surface area contributed by atoms with Crippen LogP contribution in [-0.2, 0) is 9.47 Å². The molecule has 0 spiro atoms. The van der Waals surface area contributed by atoms with Crippen LogP contribution in [0.1, 0.15) is 37.8 Å². The van der Waals surface area contributed by atoms with Crippen molar-refractivity contribution in [1.29, 1.82) is 0 Å². The van der Waals surface area contributed by atoms with E-state index >= 15 is 0 Å². The predicted octanol–water partition coefficient (Wildman–Crippen LogP) is 0.498. The van der Waals surface area contributed by atoms with Crippen LogP contribution in [0.25, 0.3) is 0 Å². The van der Waals surface area contributed by atoms with Crippen molar-refractivity contribution in [3.05, 3.63) is 11.7 Å². The Bertz CT molecular complexity index is 392. The Balaban J connectivity index is 2.05. The Hall–Kier alpha value is -1.02. The first-order valence-corrected chi connectivity index (χ1v) is 6.57. The van der Waals surface area contributed by atoms with Crippen LogP contribution in [0, 0.1) is 0 Å². The lowest BCUT2D eigenvalue weighted by Gasteiger charge is -2.34. The normalized spacial score (nSPS) is 22.9. The van der Waals surface area contributed by atoms with Crippen molar-refractivity contribution in [2.24, 2.45) is 5.73 Å². The quantitative estimate of drug-likeness (QED) is 0.833. The Kier molecular flexibility index (Phi) is 4.87. The van der Waals surface area contributed by atoms with E-state index in [1.165, 1.54) is 0 Å². The molecule has 2 heterocycles. The van der Waals surface area contributed by atoms with Gasteiger partial charge in [0.05, 0.1) is 6.61 Å². The standard InChI is InChI=1S/C12H22N4O3/c1-8(2)16-4-5-18-10(7-16)11-14-12(19-15-11)9(6-13)17-3/h8-10H,4-7,13H2,1-3H3. The number of morpholine rings is 1. The third-order valence-corrected chi connectivity index (χ3v) is 3.35. The number of nitrogens with two attached hydrogens (primary N) is 1. The highest BCUT2D eigenvalue weighted by molar-refractivity contribution is 4.97. The summed E-state index contributed by atoms with van der Waals surface area (Å²) in [7, 11) is 1.57. The van der Waals surface area contributed by atoms with E-state index in [9.17, 15) is 0 Å². The van der Waals surface area contributed by atoms with Crippen LogP contribution in [0.5, 0.6) is 0 Å². The van der Waals surface area contributed by atoms with Crippen molar-refractivity contribution in [3.8, 4) is 0 Å². The summed E-state index contributed by atoms with van der Waals surface area (Å²) in [4.78, 5) is 6.67. The molecule has 1 fully saturated rings. The van der Waals surface area contributed by atoms with Crippen LogP contribution >= 0.6 is 0 Å². The lowest BCUT2D eigenvalue weighted by Crippen LogP contribution is -2.42. The molecule has 19 heavy (non-hydrogen) atoms. The van der Waals surface area contributed by atoms with Crippen molar-refractivity contribution in [1.82, 2.24) is 15.0 Å². The molecular weight excluding hydrogens is 248 g/mol. The van der Waals surface area contributed by atoms with Gasteiger partial charge in [0.15, 0.2) is 0 Å². The summed E-state index contributed by atoms with van der Waals surface area (Å²) in [6.45, 7) is 7.02. The van der Waals surface area contributed by atoms with Gasteiger partial charge in [0.2, 0.25) is 5.82 Å². The Morgan fingerprint density at radius 1 is 1.53 bits per heavy atom. The zero-order chi connectivity index (χ0) is 13.8. The second kappa shape index (κ2) is 6.42. The fraction of sp³-hybridized carbons (Fsp3) is 0.833. The van der Waals surface area contributed by atoms with Crippen LogP contribution < -0.4 is 5.73 Å². The summed E-state index contributed by atoms with van der Waals surface area (Å²) in [5, 5.41) is 3.98. The molecule has 0 bridgehead atoms. The van der Waals surface area contributed by atoms with Gasteiger partial charge in [0.25, 0.3) is 5.89 Å². The van der Waals surface area contributed by atoms with Gasteiger partial charge in [-0.05, 0) is 13.8 Å². The largest absolute Gasteiger partial charge is 0.370 e. The molecule has 0 amide bonds. The van der Waals surface area contributed by atoms with E-state index in [0.29, 0.717) is 30.9 Å². The Labute approximate surface area is 113 Å². The predicted molar refractivity (Wildman–Crippen MR) is 68.5 cm³/mol. The fourth-order valence-electron chi connectivity index (χ4n) is 2.10. The highest BCUT2D eigenvalue weighted by atomic mass is 16.5. The van der Waals surface area contributed by atoms with Crippen LogP contribution in [0.4, 0.5) is 0 Å². The highest BCUT2D eigenvalue weighted by Gasteiger charge is 2.28. The first-order valence-electron chi connectivity index (χ1n) is 6.57. The van der Waals surface area contributed by atoms with Gasteiger partial charge in [-0.25, -0.2) is 0 Å². The van der Waals surface area contributed by atoms with E-state index in [1.807, 2.05) is 0 Å². The van der Waals surface area contributed by atoms with Gasteiger partial charge < -0.3 is 19.7 Å². The number of nitrogens with zero attached hydrogens (tertiary/aromatic N) is 3.